The van der Waals surface area contributed by atoms with E-state index in [1.165, 1.54) is 69.8 Å². The Bertz CT molecular complexity index is 510. The molecule has 0 amide bonds. The van der Waals surface area contributed by atoms with Crippen molar-refractivity contribution in [2.75, 3.05) is 0 Å². The van der Waals surface area contributed by atoms with E-state index in [0.717, 1.165) is 17.9 Å². The van der Waals surface area contributed by atoms with Crippen LogP contribution in [-0.2, 0) is 6.42 Å². The molecule has 1 nitrogen and oxygen atoms in total. The van der Waals surface area contributed by atoms with Gasteiger partial charge in [0.15, 0.2) is 0 Å². The van der Waals surface area contributed by atoms with Crippen LogP contribution in [0, 0.1) is 13.8 Å². The average Bonchev–Trinajstić information content (AvgIpc) is 2.45. The molecular weight excluding hydrogens is 389 g/mol. The summed E-state index contributed by atoms with van der Waals surface area (Å²) >= 11 is 0. The molecule has 0 aliphatic carbocycles. The van der Waals surface area contributed by atoms with Crippen LogP contribution in [0.25, 0.3) is 0 Å². The fourth-order valence-electron chi connectivity index (χ4n) is 2.79. The summed E-state index contributed by atoms with van der Waals surface area (Å²) in [4.78, 5) is 0. The normalized spacial score (nSPS) is 14.1. The summed E-state index contributed by atoms with van der Waals surface area (Å²) in [6.07, 6.45) is 15.0. The van der Waals surface area contributed by atoms with Gasteiger partial charge in [-0.25, -0.2) is 4.42 Å². The Morgan fingerprint density at radius 1 is 0.704 bits per heavy atom. The van der Waals surface area contributed by atoms with Crippen LogP contribution in [0.3, 0.4) is 0 Å². The Labute approximate surface area is 158 Å². The molecule has 162 valence electrons. The Hall–Kier alpha value is -0.840. The van der Waals surface area contributed by atoms with Crippen molar-refractivity contribution in [3.63, 3.8) is 0 Å². The average molecular weight is 422 g/mol. The first-order valence-electron chi connectivity index (χ1n) is 9.64. The van der Waals surface area contributed by atoms with Crippen molar-refractivity contribution >= 4 is 7.81 Å². The summed E-state index contributed by atoms with van der Waals surface area (Å²) in [7, 11) is -10.7. The molecule has 0 bridgehead atoms. The Morgan fingerprint density at radius 2 is 1.11 bits per heavy atom. The second-order valence-electron chi connectivity index (χ2n) is 7.10. The van der Waals surface area contributed by atoms with Gasteiger partial charge in [-0.3, -0.25) is 0 Å². The van der Waals surface area contributed by atoms with Crippen molar-refractivity contribution in [1.29, 1.82) is 0 Å². The molecule has 0 saturated heterocycles. The van der Waals surface area contributed by atoms with Crippen molar-refractivity contribution in [3.05, 3.63) is 29.2 Å². The van der Waals surface area contributed by atoms with Crippen LogP contribution in [0.5, 0.6) is 0 Å². The molecule has 0 saturated carbocycles. The topological polar surface area (TPSA) is 11.3 Å². The van der Waals surface area contributed by atoms with Crippen LogP contribution >= 0.6 is 7.81 Å². The molecule has 1 aromatic heterocycles. The van der Waals surface area contributed by atoms with Crippen molar-refractivity contribution in [3.8, 4) is 0 Å². The molecule has 0 fully saturated rings. The molecule has 0 aliphatic heterocycles. The van der Waals surface area contributed by atoms with E-state index in [1.54, 1.807) is 0 Å². The van der Waals surface area contributed by atoms with E-state index in [9.17, 15) is 25.2 Å². The predicted molar refractivity (Wildman–Crippen MR) is 102 cm³/mol. The zero-order valence-corrected chi connectivity index (χ0v) is 17.5. The maximum absolute atomic E-state index is 10.7. The molecule has 0 N–H and O–H groups in total. The molecule has 0 atom stereocenters. The van der Waals surface area contributed by atoms with Crippen LogP contribution in [0.15, 0.2) is 16.5 Å². The first-order chi connectivity index (χ1) is 12.2. The van der Waals surface area contributed by atoms with Gasteiger partial charge in [0.2, 0.25) is 0 Å². The van der Waals surface area contributed by atoms with Crippen molar-refractivity contribution in [1.82, 2.24) is 0 Å². The fourth-order valence-corrected chi connectivity index (χ4v) is 2.79. The number of unbranched alkanes of at least 4 members (excludes halogenated alkanes) is 9. The van der Waals surface area contributed by atoms with Crippen LogP contribution < -0.4 is 0 Å². The second kappa shape index (κ2) is 10.6. The molecule has 1 heterocycles. The van der Waals surface area contributed by atoms with E-state index in [-0.39, 0.29) is 0 Å². The summed E-state index contributed by atoms with van der Waals surface area (Å²) < 4.78 is 64.9. The summed E-state index contributed by atoms with van der Waals surface area (Å²) in [5.41, 5.74) is 1.32. The van der Waals surface area contributed by atoms with Gasteiger partial charge in [-0.1, -0.05) is 64.7 Å². The number of hydrogen-bond donors (Lipinski definition) is 0. The maximum atomic E-state index is 9.87. The molecule has 27 heavy (non-hydrogen) atoms. The molecule has 8 heteroatoms. The van der Waals surface area contributed by atoms with E-state index in [2.05, 4.69) is 26.0 Å². The first-order valence-corrected chi connectivity index (χ1v) is 11.7. The number of halogens is 6. The summed E-state index contributed by atoms with van der Waals surface area (Å²) in [5, 5.41) is 0. The minimum atomic E-state index is -10.7. The van der Waals surface area contributed by atoms with E-state index < -0.39 is 7.81 Å². The molecule has 0 aromatic carbocycles. The van der Waals surface area contributed by atoms with Gasteiger partial charge in [0.25, 0.3) is 0 Å². The quantitative estimate of drug-likeness (QED) is 0.149. The van der Waals surface area contributed by atoms with E-state index in [1.807, 2.05) is 6.92 Å². The van der Waals surface area contributed by atoms with Crippen LogP contribution in [0.1, 0.15) is 88.2 Å². The Balaban J connectivity index is 0.000000821. The van der Waals surface area contributed by atoms with Crippen LogP contribution in [-0.4, -0.2) is 0 Å². The van der Waals surface area contributed by atoms with Crippen LogP contribution in [0.4, 0.5) is 25.2 Å². The number of hydrogen-bond acceptors (Lipinski definition) is 0. The Morgan fingerprint density at radius 3 is 1.52 bits per heavy atom. The molecule has 0 radical (unpaired) electrons. The van der Waals surface area contributed by atoms with Gasteiger partial charge in [0.1, 0.15) is 0 Å². The van der Waals surface area contributed by atoms with Crippen molar-refractivity contribution in [2.24, 2.45) is 0 Å². The molecular formula is C19H33F6OP. The zero-order valence-electron chi connectivity index (χ0n) is 16.6. The molecule has 1 rings (SSSR count). The monoisotopic (exact) mass is 422 g/mol. The van der Waals surface area contributed by atoms with Gasteiger partial charge < -0.3 is 0 Å². The van der Waals surface area contributed by atoms with E-state index in [0.29, 0.717) is 0 Å². The second-order valence-corrected chi connectivity index (χ2v) is 9.02. The van der Waals surface area contributed by atoms with Gasteiger partial charge >= 0.3 is 44.5 Å². The van der Waals surface area contributed by atoms with Gasteiger partial charge in [0.05, 0.1) is 13.3 Å². The number of rotatable bonds is 11. The zero-order chi connectivity index (χ0) is 21.0. The SMILES string of the molecule is CCCCCCCCCCCCc1cc(C)cc(C)[o+]1.F[P-](F)(F)(F)(F)F. The number of aryl methyl sites for hydroxylation is 3. The van der Waals surface area contributed by atoms with Crippen LogP contribution in [0.2, 0.25) is 0 Å². The summed E-state index contributed by atoms with van der Waals surface area (Å²) in [5.74, 6) is 2.19. The van der Waals surface area contributed by atoms with Gasteiger partial charge in [-0.2, -0.15) is 0 Å². The van der Waals surface area contributed by atoms with Crippen molar-refractivity contribution < 1.29 is 29.6 Å². The standard InChI is InChI=1S/C19H33O.F6P/c1-4-5-6-7-8-9-10-11-12-13-14-19-16-17(2)15-18(3)20-19;1-7(2,3,4,5)6/h15-16H,4-14H2,1-3H3;/q+1;-1. The van der Waals surface area contributed by atoms with Crippen molar-refractivity contribution in [2.45, 2.75) is 91.4 Å². The van der Waals surface area contributed by atoms with Gasteiger partial charge in [-0.15, -0.1) is 0 Å². The minimum absolute atomic E-state index is 1.03. The first kappa shape index (κ1) is 26.2. The van der Waals surface area contributed by atoms with Gasteiger partial charge in [-0.05, 0) is 18.9 Å². The molecule has 0 unspecified atom stereocenters. The summed E-state index contributed by atoms with van der Waals surface area (Å²) in [6.45, 7) is 6.46. The Kier molecular flexibility index (Phi) is 10.3. The predicted octanol–water partition coefficient (Wildman–Crippen LogP) is 10.0. The fraction of sp³-hybridized carbons (Fsp3) is 0.737. The van der Waals surface area contributed by atoms with E-state index in [4.69, 9.17) is 4.42 Å². The van der Waals surface area contributed by atoms with Gasteiger partial charge in [0, 0.05) is 12.1 Å². The third-order valence-corrected chi connectivity index (χ3v) is 3.89. The molecule has 1 aromatic rings. The van der Waals surface area contributed by atoms with E-state index >= 15 is 0 Å². The summed E-state index contributed by atoms with van der Waals surface area (Å²) in [6, 6.07) is 4.28. The third kappa shape index (κ3) is 25.2. The molecule has 0 aliphatic rings. The third-order valence-electron chi connectivity index (χ3n) is 3.89. The molecule has 0 spiro atoms.